The minimum atomic E-state index is -0.968. The number of amides is 1. The van der Waals surface area contributed by atoms with Crippen molar-refractivity contribution in [2.75, 3.05) is 11.9 Å². The summed E-state index contributed by atoms with van der Waals surface area (Å²) in [7, 11) is 1.69. The first-order chi connectivity index (χ1) is 6.20. The Morgan fingerprint density at radius 1 is 1.69 bits per heavy atom. The van der Waals surface area contributed by atoms with Gasteiger partial charge in [0.2, 0.25) is 6.35 Å². The van der Waals surface area contributed by atoms with Crippen LogP contribution in [0.25, 0.3) is 0 Å². The third kappa shape index (κ3) is 1.13. The molecule has 1 aliphatic heterocycles. The van der Waals surface area contributed by atoms with Gasteiger partial charge < -0.3 is 15.3 Å². The number of fused-ring (bicyclic) bond motifs is 1. The summed E-state index contributed by atoms with van der Waals surface area (Å²) in [5.41, 5.74) is 0.981. The van der Waals surface area contributed by atoms with Gasteiger partial charge in [-0.3, -0.25) is 4.79 Å². The molecule has 13 heavy (non-hydrogen) atoms. The van der Waals surface area contributed by atoms with Crippen LogP contribution in [-0.4, -0.2) is 29.4 Å². The van der Waals surface area contributed by atoms with E-state index in [0.717, 1.165) is 0 Å². The van der Waals surface area contributed by atoms with Crippen LogP contribution in [0.15, 0.2) is 18.3 Å². The van der Waals surface area contributed by atoms with Crippen LogP contribution in [0.2, 0.25) is 0 Å². The van der Waals surface area contributed by atoms with E-state index < -0.39 is 6.35 Å². The normalized spacial score (nSPS) is 20.9. The Morgan fingerprint density at radius 3 is 3.23 bits per heavy atom. The van der Waals surface area contributed by atoms with Crippen LogP contribution in [-0.2, 0) is 0 Å². The molecule has 0 radical (unpaired) electrons. The van der Waals surface area contributed by atoms with Crippen LogP contribution in [0.3, 0.4) is 0 Å². The number of hydrogen-bond acceptors (Lipinski definition) is 4. The Morgan fingerprint density at radius 2 is 2.46 bits per heavy atom. The molecule has 0 saturated heterocycles. The number of anilines is 1. The van der Waals surface area contributed by atoms with Crippen LogP contribution in [0.5, 0.6) is 0 Å². The maximum absolute atomic E-state index is 11.3. The monoisotopic (exact) mass is 179 g/mol. The third-order valence-electron chi connectivity index (χ3n) is 2.01. The summed E-state index contributed by atoms with van der Waals surface area (Å²) in [6.07, 6.45) is 0.577. The Hall–Kier alpha value is -1.62. The fourth-order valence-electron chi connectivity index (χ4n) is 1.27. The topological polar surface area (TPSA) is 65.5 Å². The lowest BCUT2D eigenvalue weighted by Gasteiger charge is -2.31. The van der Waals surface area contributed by atoms with Crippen molar-refractivity contribution < 1.29 is 9.90 Å². The molecule has 1 aromatic heterocycles. The number of pyridine rings is 1. The minimum Gasteiger partial charge on any atom is -0.356 e. The zero-order valence-corrected chi connectivity index (χ0v) is 7.06. The van der Waals surface area contributed by atoms with E-state index in [0.29, 0.717) is 11.4 Å². The van der Waals surface area contributed by atoms with Crippen molar-refractivity contribution >= 4 is 11.6 Å². The maximum atomic E-state index is 11.3. The van der Waals surface area contributed by atoms with E-state index in [1.165, 1.54) is 0 Å². The van der Waals surface area contributed by atoms with E-state index in [2.05, 4.69) is 10.3 Å². The first-order valence-electron chi connectivity index (χ1n) is 3.87. The molecule has 1 aromatic rings. The smallest absolute Gasteiger partial charge is 0.275 e. The van der Waals surface area contributed by atoms with Gasteiger partial charge in [0.15, 0.2) is 5.69 Å². The van der Waals surface area contributed by atoms with Crippen LogP contribution in [0.1, 0.15) is 10.5 Å². The van der Waals surface area contributed by atoms with Gasteiger partial charge in [0.1, 0.15) is 0 Å². The zero-order chi connectivity index (χ0) is 9.42. The quantitative estimate of drug-likeness (QED) is 0.565. The second kappa shape index (κ2) is 2.70. The molecule has 2 rings (SSSR count). The third-order valence-corrected chi connectivity index (χ3v) is 2.01. The molecule has 0 fully saturated rings. The molecule has 1 unspecified atom stereocenters. The summed E-state index contributed by atoms with van der Waals surface area (Å²) in [6, 6.07) is 3.46. The molecule has 0 aliphatic carbocycles. The highest BCUT2D eigenvalue weighted by Gasteiger charge is 2.27. The van der Waals surface area contributed by atoms with E-state index in [1.807, 2.05) is 0 Å². The van der Waals surface area contributed by atoms with Crippen molar-refractivity contribution in [3.63, 3.8) is 0 Å². The highest BCUT2D eigenvalue weighted by Crippen LogP contribution is 2.21. The predicted molar refractivity (Wildman–Crippen MR) is 46.1 cm³/mol. The largest absolute Gasteiger partial charge is 0.356 e. The average molecular weight is 179 g/mol. The average Bonchev–Trinajstić information content (AvgIpc) is 2.15. The Bertz CT molecular complexity index is 353. The predicted octanol–water partition coefficient (Wildman–Crippen LogP) is -0.463. The molecule has 2 heterocycles. The standard InChI is InChI=1S/C8H9N3O2/c1-11-5-3-2-4-9-6(5)7(12)10-8(11)13/h2-4,8,13H,1H3,(H,10,12). The van der Waals surface area contributed by atoms with Crippen molar-refractivity contribution in [1.29, 1.82) is 0 Å². The van der Waals surface area contributed by atoms with Gasteiger partial charge >= 0.3 is 0 Å². The van der Waals surface area contributed by atoms with Crippen molar-refractivity contribution in [1.82, 2.24) is 10.3 Å². The fraction of sp³-hybridized carbons (Fsp3) is 0.250. The molecule has 68 valence electrons. The Labute approximate surface area is 75.0 Å². The number of rotatable bonds is 0. The molecule has 0 bridgehead atoms. The van der Waals surface area contributed by atoms with Gasteiger partial charge in [-0.2, -0.15) is 0 Å². The molecular formula is C8H9N3O2. The zero-order valence-electron chi connectivity index (χ0n) is 7.06. The highest BCUT2D eigenvalue weighted by atomic mass is 16.3. The summed E-state index contributed by atoms with van der Waals surface area (Å²) >= 11 is 0. The lowest BCUT2D eigenvalue weighted by atomic mass is 10.2. The van der Waals surface area contributed by atoms with Crippen molar-refractivity contribution in [3.8, 4) is 0 Å². The molecule has 1 atom stereocenters. The lowest BCUT2D eigenvalue weighted by Crippen LogP contribution is -2.51. The number of aliphatic hydroxyl groups is 1. The first kappa shape index (κ1) is 8.00. The summed E-state index contributed by atoms with van der Waals surface area (Å²) in [6.45, 7) is 0. The molecule has 0 aromatic carbocycles. The van der Waals surface area contributed by atoms with Gasteiger partial charge in [0, 0.05) is 13.2 Å². The number of carbonyl (C=O) groups is 1. The van der Waals surface area contributed by atoms with Gasteiger partial charge in [-0.15, -0.1) is 0 Å². The van der Waals surface area contributed by atoms with E-state index in [1.54, 1.807) is 30.3 Å². The van der Waals surface area contributed by atoms with Gasteiger partial charge in [-0.1, -0.05) is 0 Å². The molecule has 5 heteroatoms. The fourth-order valence-corrected chi connectivity index (χ4v) is 1.27. The van der Waals surface area contributed by atoms with Crippen LogP contribution >= 0.6 is 0 Å². The highest BCUT2D eigenvalue weighted by molar-refractivity contribution is 5.99. The second-order valence-electron chi connectivity index (χ2n) is 2.83. The van der Waals surface area contributed by atoms with Crippen molar-refractivity contribution in [2.45, 2.75) is 6.35 Å². The first-order valence-corrected chi connectivity index (χ1v) is 3.87. The number of nitrogens with one attached hydrogen (secondary N) is 1. The number of aliphatic hydroxyl groups excluding tert-OH is 1. The SMILES string of the molecule is CN1c2cccnc2C(=O)NC1O. The van der Waals surface area contributed by atoms with E-state index in [9.17, 15) is 9.90 Å². The van der Waals surface area contributed by atoms with Crippen LogP contribution < -0.4 is 10.2 Å². The molecule has 1 amide bonds. The second-order valence-corrected chi connectivity index (χ2v) is 2.83. The number of hydrogen-bond donors (Lipinski definition) is 2. The molecule has 0 spiro atoms. The summed E-state index contributed by atoms with van der Waals surface area (Å²) < 4.78 is 0. The number of carbonyl (C=O) groups excluding carboxylic acids is 1. The molecule has 5 nitrogen and oxygen atoms in total. The van der Waals surface area contributed by atoms with Gasteiger partial charge in [-0.25, -0.2) is 4.98 Å². The summed E-state index contributed by atoms with van der Waals surface area (Å²) in [5.74, 6) is -0.346. The molecular weight excluding hydrogens is 170 g/mol. The molecule has 2 N–H and O–H groups in total. The van der Waals surface area contributed by atoms with Crippen molar-refractivity contribution in [3.05, 3.63) is 24.0 Å². The van der Waals surface area contributed by atoms with E-state index in [4.69, 9.17) is 0 Å². The van der Waals surface area contributed by atoms with E-state index in [-0.39, 0.29) is 5.91 Å². The number of aromatic nitrogens is 1. The maximum Gasteiger partial charge on any atom is 0.275 e. The lowest BCUT2D eigenvalue weighted by molar-refractivity contribution is 0.0751. The van der Waals surface area contributed by atoms with Gasteiger partial charge in [0.25, 0.3) is 5.91 Å². The van der Waals surface area contributed by atoms with Gasteiger partial charge in [0.05, 0.1) is 5.69 Å². The number of nitrogens with zero attached hydrogens (tertiary/aromatic N) is 2. The van der Waals surface area contributed by atoms with Gasteiger partial charge in [-0.05, 0) is 12.1 Å². The molecule has 0 saturated carbocycles. The Balaban J connectivity index is 2.53. The van der Waals surface area contributed by atoms with Crippen molar-refractivity contribution in [2.24, 2.45) is 0 Å². The summed E-state index contributed by atoms with van der Waals surface area (Å²) in [4.78, 5) is 16.7. The minimum absolute atomic E-state index is 0.343. The molecule has 1 aliphatic rings. The van der Waals surface area contributed by atoms with E-state index >= 15 is 0 Å². The van der Waals surface area contributed by atoms with Crippen LogP contribution in [0, 0.1) is 0 Å². The summed E-state index contributed by atoms with van der Waals surface area (Å²) in [5, 5.41) is 11.7. The van der Waals surface area contributed by atoms with Crippen LogP contribution in [0.4, 0.5) is 5.69 Å². The Kier molecular flexibility index (Phi) is 1.66.